The first-order valence-corrected chi connectivity index (χ1v) is 8.58. The van der Waals surface area contributed by atoms with Crippen LogP contribution in [-0.2, 0) is 0 Å². The lowest BCUT2D eigenvalue weighted by Crippen LogP contribution is -1.97. The minimum absolute atomic E-state index is 1.25. The number of unbranched alkanes of at least 4 members (excludes halogenated alkanes) is 9. The molecule has 0 atom stereocenters. The lowest BCUT2D eigenvalue weighted by Gasteiger charge is -2.08. The summed E-state index contributed by atoms with van der Waals surface area (Å²) in [4.78, 5) is 1.48. The second-order valence-electron chi connectivity index (χ2n) is 5.13. The molecular weight excluding hydrogens is 238 g/mol. The molecular formula is C16H29NS. The zero-order chi connectivity index (χ0) is 12.9. The number of rotatable bonds is 11. The molecule has 1 rings (SSSR count). The maximum absolute atomic E-state index is 3.16. The average molecular weight is 267 g/mol. The van der Waals surface area contributed by atoms with Crippen LogP contribution in [0.1, 0.15) is 77.6 Å². The van der Waals surface area contributed by atoms with Crippen LogP contribution >= 0.6 is 11.8 Å². The third-order valence-electron chi connectivity index (χ3n) is 3.40. The van der Waals surface area contributed by atoms with Gasteiger partial charge in [-0.3, -0.25) is 0 Å². The van der Waals surface area contributed by atoms with Crippen molar-refractivity contribution in [3.05, 3.63) is 22.7 Å². The van der Waals surface area contributed by atoms with Crippen molar-refractivity contribution in [1.29, 1.82) is 0 Å². The number of thioether (sulfide) groups is 1. The SMILES string of the molecule is CCCCCCCCCCCCC1=CNC=CS1. The summed E-state index contributed by atoms with van der Waals surface area (Å²) in [5.41, 5.74) is 0. The van der Waals surface area contributed by atoms with Gasteiger partial charge in [-0.15, -0.1) is 0 Å². The van der Waals surface area contributed by atoms with Crippen LogP contribution < -0.4 is 5.32 Å². The Balaban J connectivity index is 1.77. The van der Waals surface area contributed by atoms with E-state index in [1.165, 1.54) is 75.5 Å². The second kappa shape index (κ2) is 11.7. The Morgan fingerprint density at radius 2 is 1.50 bits per heavy atom. The highest BCUT2D eigenvalue weighted by atomic mass is 32.2. The van der Waals surface area contributed by atoms with E-state index in [-0.39, 0.29) is 0 Å². The number of hydrogen-bond donors (Lipinski definition) is 1. The number of hydrogen-bond acceptors (Lipinski definition) is 2. The van der Waals surface area contributed by atoms with Crippen LogP contribution in [0.2, 0.25) is 0 Å². The summed E-state index contributed by atoms with van der Waals surface area (Å²) in [7, 11) is 0. The van der Waals surface area contributed by atoms with Crippen molar-refractivity contribution in [3.63, 3.8) is 0 Å². The standard InChI is InChI=1S/C16H29NS/c1-2-3-4-5-6-7-8-9-10-11-12-16-15-17-13-14-18-16/h13-15,17H,2-12H2,1H3. The molecule has 1 N–H and O–H groups in total. The predicted molar refractivity (Wildman–Crippen MR) is 84.4 cm³/mol. The fraction of sp³-hybridized carbons (Fsp3) is 0.750. The van der Waals surface area contributed by atoms with Gasteiger partial charge in [0.25, 0.3) is 0 Å². The highest BCUT2D eigenvalue weighted by molar-refractivity contribution is 8.05. The molecule has 0 aliphatic carbocycles. The Morgan fingerprint density at radius 3 is 2.06 bits per heavy atom. The van der Waals surface area contributed by atoms with Gasteiger partial charge in [0.1, 0.15) is 0 Å². The fourth-order valence-electron chi connectivity index (χ4n) is 2.25. The fourth-order valence-corrected chi connectivity index (χ4v) is 2.97. The Hall–Kier alpha value is -0.370. The van der Waals surface area contributed by atoms with E-state index in [9.17, 15) is 0 Å². The third-order valence-corrected chi connectivity index (χ3v) is 4.30. The van der Waals surface area contributed by atoms with Crippen LogP contribution in [0, 0.1) is 0 Å². The zero-order valence-corrected chi connectivity index (χ0v) is 12.7. The van der Waals surface area contributed by atoms with Crippen LogP contribution in [0.3, 0.4) is 0 Å². The molecule has 0 spiro atoms. The smallest absolute Gasteiger partial charge is 0.0104 e. The van der Waals surface area contributed by atoms with E-state index in [1.54, 1.807) is 0 Å². The van der Waals surface area contributed by atoms with E-state index in [2.05, 4.69) is 23.8 Å². The molecule has 0 aromatic rings. The van der Waals surface area contributed by atoms with Gasteiger partial charge >= 0.3 is 0 Å². The Bertz CT molecular complexity index is 245. The number of nitrogens with one attached hydrogen (secondary N) is 1. The lowest BCUT2D eigenvalue weighted by molar-refractivity contribution is 0.557. The molecule has 0 bridgehead atoms. The molecule has 18 heavy (non-hydrogen) atoms. The van der Waals surface area contributed by atoms with E-state index < -0.39 is 0 Å². The van der Waals surface area contributed by atoms with Gasteiger partial charge in [0, 0.05) is 17.3 Å². The molecule has 0 radical (unpaired) electrons. The van der Waals surface area contributed by atoms with E-state index in [4.69, 9.17) is 0 Å². The average Bonchev–Trinajstić information content (AvgIpc) is 2.42. The predicted octanol–water partition coefficient (Wildman–Crippen LogP) is 5.95. The first kappa shape index (κ1) is 15.7. The van der Waals surface area contributed by atoms with E-state index in [1.807, 2.05) is 18.0 Å². The molecule has 0 saturated heterocycles. The van der Waals surface area contributed by atoms with Crippen LogP contribution in [0.25, 0.3) is 0 Å². The zero-order valence-electron chi connectivity index (χ0n) is 11.9. The maximum Gasteiger partial charge on any atom is 0.0104 e. The molecule has 1 aliphatic rings. The van der Waals surface area contributed by atoms with Crippen molar-refractivity contribution in [3.8, 4) is 0 Å². The van der Waals surface area contributed by atoms with E-state index in [0.29, 0.717) is 0 Å². The van der Waals surface area contributed by atoms with Gasteiger partial charge in [-0.1, -0.05) is 76.5 Å². The summed E-state index contributed by atoms with van der Waals surface area (Å²) in [6.07, 6.45) is 19.6. The highest BCUT2D eigenvalue weighted by Gasteiger charge is 1.99. The third kappa shape index (κ3) is 8.68. The first-order valence-electron chi connectivity index (χ1n) is 7.70. The largest absolute Gasteiger partial charge is 0.366 e. The summed E-state index contributed by atoms with van der Waals surface area (Å²) in [5.74, 6) is 0. The van der Waals surface area contributed by atoms with Gasteiger partial charge in [-0.25, -0.2) is 0 Å². The Kier molecular flexibility index (Phi) is 10.2. The van der Waals surface area contributed by atoms with Gasteiger partial charge in [-0.2, -0.15) is 0 Å². The van der Waals surface area contributed by atoms with E-state index >= 15 is 0 Å². The first-order chi connectivity index (χ1) is 8.93. The summed E-state index contributed by atoms with van der Waals surface area (Å²) >= 11 is 1.86. The number of allylic oxidation sites excluding steroid dienone is 1. The molecule has 0 amide bonds. The molecule has 1 heterocycles. The molecule has 1 aliphatic heterocycles. The van der Waals surface area contributed by atoms with Crippen molar-refractivity contribution < 1.29 is 0 Å². The molecule has 0 aromatic heterocycles. The molecule has 1 nitrogen and oxygen atoms in total. The minimum atomic E-state index is 1.25. The van der Waals surface area contributed by atoms with Gasteiger partial charge in [0.2, 0.25) is 0 Å². The summed E-state index contributed by atoms with van der Waals surface area (Å²) < 4.78 is 0. The maximum atomic E-state index is 3.16. The van der Waals surface area contributed by atoms with Crippen molar-refractivity contribution >= 4 is 11.8 Å². The molecule has 104 valence electrons. The van der Waals surface area contributed by atoms with Crippen LogP contribution in [0.4, 0.5) is 0 Å². The van der Waals surface area contributed by atoms with Crippen molar-refractivity contribution in [2.45, 2.75) is 77.6 Å². The Morgan fingerprint density at radius 1 is 0.889 bits per heavy atom. The topological polar surface area (TPSA) is 12.0 Å². The van der Waals surface area contributed by atoms with Gasteiger partial charge in [0.15, 0.2) is 0 Å². The van der Waals surface area contributed by atoms with Crippen LogP contribution in [-0.4, -0.2) is 0 Å². The molecule has 2 heteroatoms. The van der Waals surface area contributed by atoms with E-state index in [0.717, 1.165) is 0 Å². The van der Waals surface area contributed by atoms with Crippen molar-refractivity contribution in [2.75, 3.05) is 0 Å². The molecule has 0 aromatic carbocycles. The lowest BCUT2D eigenvalue weighted by atomic mass is 10.1. The van der Waals surface area contributed by atoms with Crippen molar-refractivity contribution in [2.24, 2.45) is 0 Å². The molecule has 0 saturated carbocycles. The monoisotopic (exact) mass is 267 g/mol. The Labute approximate surface area is 118 Å². The normalized spacial score (nSPS) is 14.4. The van der Waals surface area contributed by atoms with Gasteiger partial charge < -0.3 is 5.32 Å². The molecule has 0 fully saturated rings. The van der Waals surface area contributed by atoms with Gasteiger partial charge in [0.05, 0.1) is 0 Å². The van der Waals surface area contributed by atoms with Crippen LogP contribution in [0.15, 0.2) is 22.7 Å². The van der Waals surface area contributed by atoms with Gasteiger partial charge in [-0.05, 0) is 18.2 Å². The van der Waals surface area contributed by atoms with Crippen LogP contribution in [0.5, 0.6) is 0 Å². The minimum Gasteiger partial charge on any atom is -0.366 e. The highest BCUT2D eigenvalue weighted by Crippen LogP contribution is 2.24. The quantitative estimate of drug-likeness (QED) is 0.464. The second-order valence-corrected chi connectivity index (χ2v) is 6.16. The van der Waals surface area contributed by atoms with Crippen molar-refractivity contribution in [1.82, 2.24) is 5.32 Å². The summed E-state index contributed by atoms with van der Waals surface area (Å²) in [6.45, 7) is 2.28. The molecule has 0 unspecified atom stereocenters. The summed E-state index contributed by atoms with van der Waals surface area (Å²) in [6, 6.07) is 0. The summed E-state index contributed by atoms with van der Waals surface area (Å²) in [5, 5.41) is 5.29.